The molecular weight excluding hydrogens is 468 g/mol. The Bertz CT molecular complexity index is 1330. The average Bonchev–Trinajstić information content (AvgIpc) is 3.29. The fraction of sp³-hybridized carbons (Fsp3) is 0.500. The van der Waals surface area contributed by atoms with Crippen LogP contribution >= 0.6 is 0 Å². The smallest absolute Gasteiger partial charge is 0.293 e. The Morgan fingerprint density at radius 1 is 1.09 bits per heavy atom. The summed E-state index contributed by atoms with van der Waals surface area (Å²) >= 11 is 0. The van der Waals surface area contributed by atoms with Crippen LogP contribution in [0.3, 0.4) is 0 Å². The number of hydrogen-bond donors (Lipinski definition) is 1. The summed E-state index contributed by atoms with van der Waals surface area (Å²) in [7, 11) is -3.85. The van der Waals surface area contributed by atoms with Crippen molar-refractivity contribution in [3.8, 4) is 0 Å². The maximum Gasteiger partial charge on any atom is 0.293 e. The van der Waals surface area contributed by atoms with E-state index in [0.717, 1.165) is 50.0 Å². The first-order chi connectivity index (χ1) is 16.8. The third-order valence-corrected chi connectivity index (χ3v) is 8.78. The van der Waals surface area contributed by atoms with E-state index in [1.54, 1.807) is 6.07 Å². The van der Waals surface area contributed by atoms with Crippen LogP contribution < -0.4 is 9.62 Å². The minimum Gasteiger partial charge on any atom is -0.365 e. The summed E-state index contributed by atoms with van der Waals surface area (Å²) in [5, 5.41) is 20.6. The first-order valence-corrected chi connectivity index (χ1v) is 13.7. The van der Waals surface area contributed by atoms with Crippen molar-refractivity contribution in [2.24, 2.45) is 5.92 Å². The first-order valence-electron chi connectivity index (χ1n) is 12.2. The summed E-state index contributed by atoms with van der Waals surface area (Å²) in [5.41, 5.74) is 0.996. The Morgan fingerprint density at radius 3 is 2.66 bits per heavy atom. The van der Waals surface area contributed by atoms with Gasteiger partial charge in [0.2, 0.25) is 10.0 Å². The molecule has 0 bridgehead atoms. The summed E-state index contributed by atoms with van der Waals surface area (Å²) in [6, 6.07) is 9.83. The van der Waals surface area contributed by atoms with Gasteiger partial charge in [-0.15, -0.1) is 10.2 Å². The normalized spacial score (nSPS) is 23.5. The van der Waals surface area contributed by atoms with E-state index in [-0.39, 0.29) is 22.5 Å². The number of nitro groups is 1. The molecule has 11 heteroatoms. The molecule has 1 saturated heterocycles. The molecule has 2 aromatic heterocycles. The molecule has 3 aromatic rings. The minimum atomic E-state index is -3.85. The number of fused-ring (bicyclic) bond motifs is 1. The zero-order chi connectivity index (χ0) is 24.6. The molecule has 1 aliphatic carbocycles. The number of rotatable bonds is 6. The van der Waals surface area contributed by atoms with E-state index in [9.17, 15) is 18.5 Å². The Hall–Kier alpha value is -3.05. The first kappa shape index (κ1) is 23.7. The Kier molecular flexibility index (Phi) is 6.45. The summed E-state index contributed by atoms with van der Waals surface area (Å²) in [5.74, 6) is 1.48. The van der Waals surface area contributed by atoms with Crippen LogP contribution in [0.4, 0.5) is 11.4 Å². The molecule has 3 heterocycles. The van der Waals surface area contributed by atoms with Gasteiger partial charge in [-0.25, -0.2) is 13.1 Å². The van der Waals surface area contributed by atoms with Crippen molar-refractivity contribution in [1.29, 1.82) is 0 Å². The molecule has 1 saturated carbocycles. The van der Waals surface area contributed by atoms with Crippen LogP contribution in [-0.4, -0.2) is 47.1 Å². The molecule has 1 aromatic carbocycles. The Balaban J connectivity index is 1.39. The number of hydrogen-bond acceptors (Lipinski definition) is 7. The van der Waals surface area contributed by atoms with Crippen LogP contribution in [0.25, 0.3) is 5.65 Å². The number of anilines is 1. The van der Waals surface area contributed by atoms with Gasteiger partial charge in [0.1, 0.15) is 11.5 Å². The summed E-state index contributed by atoms with van der Waals surface area (Å²) in [4.78, 5) is 13.4. The van der Waals surface area contributed by atoms with Crippen molar-refractivity contribution in [3.63, 3.8) is 0 Å². The molecule has 0 amide bonds. The van der Waals surface area contributed by atoms with Crippen LogP contribution in [0.5, 0.6) is 0 Å². The predicted octanol–water partition coefficient (Wildman–Crippen LogP) is 3.88. The minimum absolute atomic E-state index is 0.0551. The SMILES string of the molecule is CC1CCC(NS(=O)(=O)c2ccc(N3CCCC(c4nnc5ccccn45)C3)c([N+](=O)[O-])c2)CC1. The number of piperidine rings is 1. The second-order valence-electron chi connectivity index (χ2n) is 9.76. The summed E-state index contributed by atoms with van der Waals surface area (Å²) < 4.78 is 30.7. The van der Waals surface area contributed by atoms with Gasteiger partial charge in [-0.05, 0) is 68.7 Å². The monoisotopic (exact) mass is 498 g/mol. The van der Waals surface area contributed by atoms with Crippen LogP contribution in [0.1, 0.15) is 57.2 Å². The summed E-state index contributed by atoms with van der Waals surface area (Å²) in [6.45, 7) is 3.36. The number of nitrogens with one attached hydrogen (secondary N) is 1. The molecular formula is C24H30N6O4S. The average molecular weight is 499 g/mol. The highest BCUT2D eigenvalue weighted by Gasteiger charge is 2.31. The highest BCUT2D eigenvalue weighted by Crippen LogP contribution is 2.36. The predicted molar refractivity (Wildman–Crippen MR) is 132 cm³/mol. The molecule has 1 aliphatic heterocycles. The van der Waals surface area contributed by atoms with Crippen molar-refractivity contribution >= 4 is 27.0 Å². The van der Waals surface area contributed by atoms with E-state index in [0.29, 0.717) is 24.7 Å². The van der Waals surface area contributed by atoms with E-state index in [2.05, 4.69) is 21.8 Å². The lowest BCUT2D eigenvalue weighted by atomic mass is 9.88. The highest BCUT2D eigenvalue weighted by molar-refractivity contribution is 7.89. The van der Waals surface area contributed by atoms with Crippen molar-refractivity contribution in [2.45, 2.75) is 62.3 Å². The third kappa shape index (κ3) is 4.87. The molecule has 1 atom stereocenters. The third-order valence-electron chi connectivity index (χ3n) is 7.26. The maximum absolute atomic E-state index is 13.0. The van der Waals surface area contributed by atoms with Gasteiger partial charge in [-0.3, -0.25) is 14.5 Å². The van der Waals surface area contributed by atoms with Gasteiger partial charge >= 0.3 is 0 Å². The van der Waals surface area contributed by atoms with Crippen molar-refractivity contribution in [2.75, 3.05) is 18.0 Å². The molecule has 2 aliphatic rings. The van der Waals surface area contributed by atoms with Crippen LogP contribution in [-0.2, 0) is 10.0 Å². The highest BCUT2D eigenvalue weighted by atomic mass is 32.2. The van der Waals surface area contributed by atoms with Gasteiger partial charge in [0.05, 0.1) is 9.82 Å². The summed E-state index contributed by atoms with van der Waals surface area (Å²) in [6.07, 6.45) is 7.18. The van der Waals surface area contributed by atoms with Crippen LogP contribution in [0.15, 0.2) is 47.5 Å². The fourth-order valence-corrected chi connectivity index (χ4v) is 6.62. The molecule has 10 nitrogen and oxygen atoms in total. The molecule has 1 N–H and O–H groups in total. The van der Waals surface area contributed by atoms with E-state index in [1.807, 2.05) is 33.7 Å². The quantitative estimate of drug-likeness (QED) is 0.404. The van der Waals surface area contributed by atoms with Gasteiger partial charge in [0, 0.05) is 37.3 Å². The lowest BCUT2D eigenvalue weighted by Gasteiger charge is -2.33. The largest absolute Gasteiger partial charge is 0.365 e. The van der Waals surface area contributed by atoms with E-state index >= 15 is 0 Å². The zero-order valence-electron chi connectivity index (χ0n) is 19.7. The van der Waals surface area contributed by atoms with Gasteiger partial charge < -0.3 is 4.90 Å². The fourth-order valence-electron chi connectivity index (χ4n) is 5.29. The van der Waals surface area contributed by atoms with Crippen molar-refractivity contribution < 1.29 is 13.3 Å². The number of sulfonamides is 1. The molecule has 5 rings (SSSR count). The van der Waals surface area contributed by atoms with E-state index in [1.165, 1.54) is 12.1 Å². The maximum atomic E-state index is 13.0. The number of nitrogens with zero attached hydrogens (tertiary/aromatic N) is 5. The zero-order valence-corrected chi connectivity index (χ0v) is 20.5. The number of benzene rings is 1. The van der Waals surface area contributed by atoms with Crippen molar-refractivity contribution in [1.82, 2.24) is 19.3 Å². The van der Waals surface area contributed by atoms with Gasteiger partial charge in [0.15, 0.2) is 5.65 Å². The number of nitro benzene ring substituents is 1. The van der Waals surface area contributed by atoms with Crippen LogP contribution in [0.2, 0.25) is 0 Å². The second kappa shape index (κ2) is 9.54. The standard InChI is InChI=1S/C24H30N6O4S/c1-17-7-9-19(10-8-17)27-35(33,34)20-11-12-21(22(15-20)30(31)32)28-13-4-5-18(16-28)24-26-25-23-6-2-3-14-29(23)24/h2-3,6,11-12,14-15,17-19,27H,4-5,7-10,13,16H2,1H3. The van der Waals surface area contributed by atoms with Gasteiger partial charge in [-0.1, -0.05) is 13.0 Å². The van der Waals surface area contributed by atoms with Crippen molar-refractivity contribution in [3.05, 3.63) is 58.5 Å². The van der Waals surface area contributed by atoms with E-state index < -0.39 is 14.9 Å². The Labute approximate surface area is 204 Å². The second-order valence-corrected chi connectivity index (χ2v) is 11.5. The lowest BCUT2D eigenvalue weighted by molar-refractivity contribution is -0.384. The molecule has 0 spiro atoms. The van der Waals surface area contributed by atoms with E-state index in [4.69, 9.17) is 0 Å². The van der Waals surface area contributed by atoms with Gasteiger partial charge in [-0.2, -0.15) is 0 Å². The Morgan fingerprint density at radius 2 is 1.89 bits per heavy atom. The number of aromatic nitrogens is 3. The van der Waals surface area contributed by atoms with Crippen LogP contribution in [0, 0.1) is 16.0 Å². The lowest BCUT2D eigenvalue weighted by Crippen LogP contribution is -2.37. The molecule has 2 fully saturated rings. The van der Waals surface area contributed by atoms with Gasteiger partial charge in [0.25, 0.3) is 5.69 Å². The topological polar surface area (TPSA) is 123 Å². The molecule has 35 heavy (non-hydrogen) atoms. The molecule has 186 valence electrons. The molecule has 1 unspecified atom stereocenters. The number of pyridine rings is 1. The molecule has 0 radical (unpaired) electrons.